The molecule has 0 aromatic carbocycles. The average molecular weight is 214 g/mol. The van der Waals surface area contributed by atoms with E-state index in [1.807, 2.05) is 6.92 Å². The summed E-state index contributed by atoms with van der Waals surface area (Å²) in [6.07, 6.45) is 2.46. The Kier molecular flexibility index (Phi) is 2.64. The van der Waals surface area contributed by atoms with E-state index in [1.165, 1.54) is 0 Å². The summed E-state index contributed by atoms with van der Waals surface area (Å²) in [7, 11) is 0. The van der Waals surface area contributed by atoms with Crippen LogP contribution in [0.4, 0.5) is 0 Å². The zero-order chi connectivity index (χ0) is 9.26. The summed E-state index contributed by atoms with van der Waals surface area (Å²) in [5.74, 6) is 0.388. The maximum Gasteiger partial charge on any atom is 0.174 e. The molecular weight excluding hydrogens is 204 g/mol. The third-order valence-corrected chi connectivity index (χ3v) is 4.17. The maximum atomic E-state index is 11.0. The third-order valence-electron chi connectivity index (χ3n) is 1.98. The second-order valence-electron chi connectivity index (χ2n) is 3.11. The van der Waals surface area contributed by atoms with E-state index in [1.54, 1.807) is 23.1 Å². The molecule has 0 N–H and O–H groups in total. The number of carbonyl (C=O) groups excluding carboxylic acids is 1. The quantitative estimate of drug-likeness (QED) is 0.755. The lowest BCUT2D eigenvalue weighted by Gasteiger charge is -2.01. The highest BCUT2D eigenvalue weighted by atomic mass is 32.2. The molecule has 0 saturated heterocycles. The van der Waals surface area contributed by atoms with Crippen LogP contribution in [-0.4, -0.2) is 21.2 Å². The van der Waals surface area contributed by atoms with Gasteiger partial charge in [0.2, 0.25) is 0 Å². The number of aryl methyl sites for hydroxylation is 1. The summed E-state index contributed by atoms with van der Waals surface area (Å²) in [6, 6.07) is 0. The highest BCUT2D eigenvalue weighted by Crippen LogP contribution is 2.34. The SMILES string of the molecule is Cc1nnc(SC2CCC(=O)C2)s1. The van der Waals surface area contributed by atoms with Gasteiger partial charge in [0, 0.05) is 18.1 Å². The summed E-state index contributed by atoms with van der Waals surface area (Å²) >= 11 is 3.31. The predicted molar refractivity (Wildman–Crippen MR) is 53.1 cm³/mol. The van der Waals surface area contributed by atoms with Crippen molar-refractivity contribution in [3.63, 3.8) is 0 Å². The minimum Gasteiger partial charge on any atom is -0.300 e. The Morgan fingerprint density at radius 3 is 2.92 bits per heavy atom. The Morgan fingerprint density at radius 1 is 1.54 bits per heavy atom. The van der Waals surface area contributed by atoms with E-state index in [0.717, 1.165) is 22.2 Å². The van der Waals surface area contributed by atoms with E-state index in [9.17, 15) is 4.79 Å². The van der Waals surface area contributed by atoms with Crippen LogP contribution < -0.4 is 0 Å². The first-order chi connectivity index (χ1) is 6.24. The second-order valence-corrected chi connectivity index (χ2v) is 5.84. The molecule has 70 valence electrons. The van der Waals surface area contributed by atoms with Gasteiger partial charge < -0.3 is 0 Å². The molecule has 1 atom stereocenters. The van der Waals surface area contributed by atoms with Crippen LogP contribution in [0.1, 0.15) is 24.3 Å². The van der Waals surface area contributed by atoms with Crippen molar-refractivity contribution >= 4 is 28.9 Å². The van der Waals surface area contributed by atoms with Gasteiger partial charge in [0.25, 0.3) is 0 Å². The summed E-state index contributed by atoms with van der Waals surface area (Å²) in [6.45, 7) is 1.95. The molecule has 1 heterocycles. The Bertz CT molecular complexity index is 324. The lowest BCUT2D eigenvalue weighted by molar-refractivity contribution is -0.117. The summed E-state index contributed by atoms with van der Waals surface area (Å²) in [5, 5.41) is 9.40. The minimum absolute atomic E-state index is 0.388. The number of carbonyl (C=O) groups is 1. The van der Waals surface area contributed by atoms with Crippen molar-refractivity contribution in [3.8, 4) is 0 Å². The van der Waals surface area contributed by atoms with Gasteiger partial charge >= 0.3 is 0 Å². The van der Waals surface area contributed by atoms with Crippen molar-refractivity contribution in [1.29, 1.82) is 0 Å². The molecule has 3 nitrogen and oxygen atoms in total. The number of nitrogens with zero attached hydrogens (tertiary/aromatic N) is 2. The van der Waals surface area contributed by atoms with Crippen molar-refractivity contribution in [3.05, 3.63) is 5.01 Å². The molecule has 0 aliphatic heterocycles. The molecule has 0 bridgehead atoms. The van der Waals surface area contributed by atoms with Crippen LogP contribution in [0.2, 0.25) is 0 Å². The van der Waals surface area contributed by atoms with Gasteiger partial charge in [-0.1, -0.05) is 23.1 Å². The summed E-state index contributed by atoms with van der Waals surface area (Å²) in [4.78, 5) is 11.0. The highest BCUT2D eigenvalue weighted by molar-refractivity contribution is 8.01. The number of thioether (sulfide) groups is 1. The molecule has 1 aliphatic rings. The molecule has 1 aliphatic carbocycles. The van der Waals surface area contributed by atoms with Gasteiger partial charge in [0.1, 0.15) is 10.8 Å². The van der Waals surface area contributed by atoms with Gasteiger partial charge in [-0.3, -0.25) is 4.79 Å². The van der Waals surface area contributed by atoms with Gasteiger partial charge in [-0.25, -0.2) is 0 Å². The van der Waals surface area contributed by atoms with Crippen molar-refractivity contribution in [1.82, 2.24) is 10.2 Å². The molecule has 1 fully saturated rings. The van der Waals surface area contributed by atoms with Crippen LogP contribution in [0.15, 0.2) is 4.34 Å². The standard InChI is InChI=1S/C8H10N2OS2/c1-5-9-10-8(12-5)13-7-3-2-6(11)4-7/h7H,2-4H2,1H3. The monoisotopic (exact) mass is 214 g/mol. The fourth-order valence-electron chi connectivity index (χ4n) is 1.35. The Balaban J connectivity index is 1.95. The molecule has 0 amide bonds. The lowest BCUT2D eigenvalue weighted by Crippen LogP contribution is -1.95. The number of Topliss-reactive ketones (excluding diaryl/α,β-unsaturated/α-hetero) is 1. The van der Waals surface area contributed by atoms with Gasteiger partial charge in [0.15, 0.2) is 4.34 Å². The lowest BCUT2D eigenvalue weighted by atomic mass is 10.4. The van der Waals surface area contributed by atoms with Gasteiger partial charge in [-0.2, -0.15) is 0 Å². The first kappa shape index (κ1) is 9.15. The van der Waals surface area contributed by atoms with Gasteiger partial charge in [-0.15, -0.1) is 10.2 Å². The normalized spacial score (nSPS) is 22.5. The predicted octanol–water partition coefficient (Wildman–Crippen LogP) is 2.06. The number of rotatable bonds is 2. The van der Waals surface area contributed by atoms with E-state index >= 15 is 0 Å². The van der Waals surface area contributed by atoms with Crippen molar-refractivity contribution in [2.24, 2.45) is 0 Å². The smallest absolute Gasteiger partial charge is 0.174 e. The molecule has 2 rings (SSSR count). The van der Waals surface area contributed by atoms with Crippen LogP contribution in [-0.2, 0) is 4.79 Å². The number of hydrogen-bond donors (Lipinski definition) is 0. The van der Waals surface area contributed by atoms with Crippen LogP contribution in [0.3, 0.4) is 0 Å². The molecule has 0 radical (unpaired) electrons. The van der Waals surface area contributed by atoms with Gasteiger partial charge in [0.05, 0.1) is 0 Å². The Morgan fingerprint density at radius 2 is 2.38 bits per heavy atom. The molecule has 1 saturated carbocycles. The van der Waals surface area contributed by atoms with Crippen molar-refractivity contribution < 1.29 is 4.79 Å². The summed E-state index contributed by atoms with van der Waals surface area (Å²) in [5.41, 5.74) is 0. The van der Waals surface area contributed by atoms with Gasteiger partial charge in [-0.05, 0) is 13.3 Å². The van der Waals surface area contributed by atoms with E-state index in [4.69, 9.17) is 0 Å². The number of ketones is 1. The molecule has 0 spiro atoms. The molecule has 1 unspecified atom stereocenters. The molecular formula is C8H10N2OS2. The zero-order valence-electron chi connectivity index (χ0n) is 7.32. The Labute approximate surface area is 84.9 Å². The van der Waals surface area contributed by atoms with Crippen LogP contribution >= 0.6 is 23.1 Å². The highest BCUT2D eigenvalue weighted by Gasteiger charge is 2.23. The Hall–Kier alpha value is -0.420. The van der Waals surface area contributed by atoms with Crippen LogP contribution in [0.5, 0.6) is 0 Å². The average Bonchev–Trinajstić information content (AvgIpc) is 2.62. The fourth-order valence-corrected chi connectivity index (χ4v) is 3.61. The van der Waals surface area contributed by atoms with Crippen molar-refractivity contribution in [2.75, 3.05) is 0 Å². The number of hydrogen-bond acceptors (Lipinski definition) is 5. The number of aromatic nitrogens is 2. The first-order valence-electron chi connectivity index (χ1n) is 4.22. The third kappa shape index (κ3) is 2.28. The molecule has 5 heteroatoms. The van der Waals surface area contributed by atoms with Crippen LogP contribution in [0, 0.1) is 6.92 Å². The summed E-state index contributed by atoms with van der Waals surface area (Å²) < 4.78 is 0.997. The van der Waals surface area contributed by atoms with E-state index in [2.05, 4.69) is 10.2 Å². The maximum absolute atomic E-state index is 11.0. The largest absolute Gasteiger partial charge is 0.300 e. The fraction of sp³-hybridized carbons (Fsp3) is 0.625. The topological polar surface area (TPSA) is 42.9 Å². The molecule has 13 heavy (non-hydrogen) atoms. The van der Waals surface area contributed by atoms with E-state index < -0.39 is 0 Å². The minimum atomic E-state index is 0.388. The molecule has 1 aromatic heterocycles. The van der Waals surface area contributed by atoms with Crippen LogP contribution in [0.25, 0.3) is 0 Å². The first-order valence-corrected chi connectivity index (χ1v) is 5.92. The van der Waals surface area contributed by atoms with E-state index in [0.29, 0.717) is 17.5 Å². The van der Waals surface area contributed by atoms with Crippen molar-refractivity contribution in [2.45, 2.75) is 35.8 Å². The molecule has 1 aromatic rings. The van der Waals surface area contributed by atoms with E-state index in [-0.39, 0.29) is 0 Å². The zero-order valence-corrected chi connectivity index (χ0v) is 8.95. The second kappa shape index (κ2) is 3.75.